The summed E-state index contributed by atoms with van der Waals surface area (Å²) >= 11 is 3.58. The number of hydrogen-bond acceptors (Lipinski definition) is 5. The second-order valence-electron chi connectivity index (χ2n) is 5.59. The van der Waals surface area contributed by atoms with E-state index in [4.69, 9.17) is 4.74 Å². The fraction of sp³-hybridized carbons (Fsp3) is 0.714. The molecule has 0 aliphatic carbocycles. The van der Waals surface area contributed by atoms with Crippen molar-refractivity contribution in [2.45, 2.75) is 33.1 Å². The molecular formula is C14H23BrN4O. The Bertz CT molecular complexity index is 435. The highest BCUT2D eigenvalue weighted by Gasteiger charge is 2.27. The first-order valence-electron chi connectivity index (χ1n) is 7.20. The third-order valence-corrected chi connectivity index (χ3v) is 4.47. The van der Waals surface area contributed by atoms with Crippen molar-refractivity contribution in [2.24, 2.45) is 5.41 Å². The molecule has 0 amide bonds. The van der Waals surface area contributed by atoms with Gasteiger partial charge in [-0.25, -0.2) is 9.97 Å². The molecular weight excluding hydrogens is 320 g/mol. The lowest BCUT2D eigenvalue weighted by Gasteiger charge is -2.33. The van der Waals surface area contributed by atoms with Crippen LogP contribution in [0.1, 0.15) is 33.1 Å². The van der Waals surface area contributed by atoms with Crippen LogP contribution in [0.3, 0.4) is 0 Å². The average Bonchev–Trinajstić information content (AvgIpc) is 2.46. The number of nitrogens with one attached hydrogen (secondary N) is 2. The molecule has 1 saturated heterocycles. The molecule has 2 rings (SSSR count). The molecule has 6 heteroatoms. The van der Waals surface area contributed by atoms with Crippen LogP contribution in [0.25, 0.3) is 0 Å². The van der Waals surface area contributed by atoms with Crippen molar-refractivity contribution < 1.29 is 4.74 Å². The molecule has 1 aliphatic heterocycles. The number of aromatic nitrogens is 2. The van der Waals surface area contributed by atoms with Crippen LogP contribution in [-0.2, 0) is 4.74 Å². The van der Waals surface area contributed by atoms with Gasteiger partial charge in [0.1, 0.15) is 22.4 Å². The highest BCUT2D eigenvalue weighted by atomic mass is 79.9. The maximum absolute atomic E-state index is 5.43. The monoisotopic (exact) mass is 342 g/mol. The zero-order chi connectivity index (χ0) is 14.4. The number of hydrogen-bond donors (Lipinski definition) is 2. The van der Waals surface area contributed by atoms with Crippen LogP contribution in [0.4, 0.5) is 11.6 Å². The van der Waals surface area contributed by atoms with Gasteiger partial charge in [-0.2, -0.15) is 0 Å². The van der Waals surface area contributed by atoms with Crippen LogP contribution in [0.2, 0.25) is 0 Å². The standard InChI is InChI=1S/C14H23BrN4O/c1-3-6-16-12-11(15)13(19-10-18-12)17-9-14(2)4-7-20-8-5-14/h10H,3-9H2,1-2H3,(H2,16,17,18,19). The van der Waals surface area contributed by atoms with Crippen molar-refractivity contribution >= 4 is 27.6 Å². The lowest BCUT2D eigenvalue weighted by Crippen LogP contribution is -2.33. The molecule has 0 aromatic carbocycles. The molecule has 0 spiro atoms. The SMILES string of the molecule is CCCNc1ncnc(NCC2(C)CCOCC2)c1Br. The minimum absolute atomic E-state index is 0.277. The summed E-state index contributed by atoms with van der Waals surface area (Å²) < 4.78 is 6.34. The molecule has 0 unspecified atom stereocenters. The Hall–Kier alpha value is -0.880. The summed E-state index contributed by atoms with van der Waals surface area (Å²) in [4.78, 5) is 8.58. The van der Waals surface area contributed by atoms with Gasteiger partial charge in [0, 0.05) is 26.3 Å². The third kappa shape index (κ3) is 4.06. The molecule has 2 N–H and O–H groups in total. The van der Waals surface area contributed by atoms with E-state index in [0.717, 1.165) is 61.7 Å². The number of nitrogens with zero attached hydrogens (tertiary/aromatic N) is 2. The number of anilines is 2. The van der Waals surface area contributed by atoms with Gasteiger partial charge in [0.05, 0.1) is 0 Å². The summed E-state index contributed by atoms with van der Waals surface area (Å²) in [6, 6.07) is 0. The lowest BCUT2D eigenvalue weighted by atomic mass is 9.82. The van der Waals surface area contributed by atoms with E-state index in [2.05, 4.69) is 50.4 Å². The molecule has 0 radical (unpaired) electrons. The molecule has 1 fully saturated rings. The van der Waals surface area contributed by atoms with E-state index in [-0.39, 0.29) is 5.41 Å². The molecule has 112 valence electrons. The minimum Gasteiger partial charge on any atom is -0.381 e. The molecule has 0 saturated carbocycles. The number of rotatable bonds is 6. The quantitative estimate of drug-likeness (QED) is 0.830. The van der Waals surface area contributed by atoms with Crippen molar-refractivity contribution in [2.75, 3.05) is 36.9 Å². The molecule has 20 heavy (non-hydrogen) atoms. The number of halogens is 1. The van der Waals surface area contributed by atoms with E-state index >= 15 is 0 Å². The van der Waals surface area contributed by atoms with Crippen LogP contribution in [0, 0.1) is 5.41 Å². The van der Waals surface area contributed by atoms with Crippen LogP contribution < -0.4 is 10.6 Å². The summed E-state index contributed by atoms with van der Waals surface area (Å²) in [6.45, 7) is 7.95. The fourth-order valence-electron chi connectivity index (χ4n) is 2.20. The zero-order valence-electron chi connectivity index (χ0n) is 12.2. The first-order chi connectivity index (χ1) is 9.64. The topological polar surface area (TPSA) is 59.1 Å². The van der Waals surface area contributed by atoms with Crippen molar-refractivity contribution in [1.82, 2.24) is 9.97 Å². The smallest absolute Gasteiger partial charge is 0.145 e. The van der Waals surface area contributed by atoms with E-state index in [1.165, 1.54) is 0 Å². The predicted octanol–water partition coefficient (Wildman–Crippen LogP) is 3.29. The maximum atomic E-state index is 5.43. The van der Waals surface area contributed by atoms with Gasteiger partial charge in [-0.15, -0.1) is 0 Å². The van der Waals surface area contributed by atoms with Crippen molar-refractivity contribution in [3.8, 4) is 0 Å². The van der Waals surface area contributed by atoms with Gasteiger partial charge in [-0.05, 0) is 40.6 Å². The van der Waals surface area contributed by atoms with Gasteiger partial charge in [0.2, 0.25) is 0 Å². The van der Waals surface area contributed by atoms with Crippen LogP contribution in [0.5, 0.6) is 0 Å². The molecule has 0 atom stereocenters. The summed E-state index contributed by atoms with van der Waals surface area (Å²) in [5.41, 5.74) is 0.277. The Labute approximate surface area is 129 Å². The van der Waals surface area contributed by atoms with E-state index in [9.17, 15) is 0 Å². The molecule has 1 aromatic rings. The summed E-state index contributed by atoms with van der Waals surface area (Å²) in [5, 5.41) is 6.74. The first-order valence-corrected chi connectivity index (χ1v) is 8.00. The maximum Gasteiger partial charge on any atom is 0.145 e. The average molecular weight is 343 g/mol. The Kier molecular flexibility index (Phi) is 5.60. The van der Waals surface area contributed by atoms with Gasteiger partial charge in [-0.1, -0.05) is 13.8 Å². The number of ether oxygens (including phenoxy) is 1. The van der Waals surface area contributed by atoms with E-state index < -0.39 is 0 Å². The van der Waals surface area contributed by atoms with E-state index in [1.54, 1.807) is 6.33 Å². The van der Waals surface area contributed by atoms with Crippen LogP contribution >= 0.6 is 15.9 Å². The minimum atomic E-state index is 0.277. The summed E-state index contributed by atoms with van der Waals surface area (Å²) in [7, 11) is 0. The molecule has 1 aliphatic rings. The molecule has 2 heterocycles. The Morgan fingerprint density at radius 3 is 2.55 bits per heavy atom. The van der Waals surface area contributed by atoms with E-state index in [1.807, 2.05) is 0 Å². The van der Waals surface area contributed by atoms with Gasteiger partial charge >= 0.3 is 0 Å². The predicted molar refractivity (Wildman–Crippen MR) is 85.2 cm³/mol. The molecule has 1 aromatic heterocycles. The van der Waals surface area contributed by atoms with Crippen molar-refractivity contribution in [3.63, 3.8) is 0 Å². The largest absolute Gasteiger partial charge is 0.381 e. The highest BCUT2D eigenvalue weighted by molar-refractivity contribution is 9.10. The third-order valence-electron chi connectivity index (χ3n) is 3.71. The van der Waals surface area contributed by atoms with Crippen molar-refractivity contribution in [1.29, 1.82) is 0 Å². The van der Waals surface area contributed by atoms with Gasteiger partial charge in [0.25, 0.3) is 0 Å². The Morgan fingerprint density at radius 1 is 1.25 bits per heavy atom. The zero-order valence-corrected chi connectivity index (χ0v) is 13.8. The second-order valence-corrected chi connectivity index (χ2v) is 6.38. The van der Waals surface area contributed by atoms with Gasteiger partial charge < -0.3 is 15.4 Å². The summed E-state index contributed by atoms with van der Waals surface area (Å²) in [6.07, 6.45) is 4.84. The fourth-order valence-corrected chi connectivity index (χ4v) is 2.68. The van der Waals surface area contributed by atoms with Gasteiger partial charge in [0.15, 0.2) is 0 Å². The van der Waals surface area contributed by atoms with Gasteiger partial charge in [-0.3, -0.25) is 0 Å². The molecule has 5 nitrogen and oxygen atoms in total. The van der Waals surface area contributed by atoms with Crippen molar-refractivity contribution in [3.05, 3.63) is 10.8 Å². The second kappa shape index (κ2) is 7.22. The highest BCUT2D eigenvalue weighted by Crippen LogP contribution is 2.32. The Balaban J connectivity index is 1.98. The molecule has 0 bridgehead atoms. The van der Waals surface area contributed by atoms with Crippen LogP contribution in [-0.4, -0.2) is 36.3 Å². The first kappa shape index (κ1) is 15.5. The van der Waals surface area contributed by atoms with E-state index in [0.29, 0.717) is 0 Å². The normalized spacial score (nSPS) is 17.8. The lowest BCUT2D eigenvalue weighted by molar-refractivity contribution is 0.0299. The van der Waals surface area contributed by atoms with Crippen LogP contribution in [0.15, 0.2) is 10.8 Å². The summed E-state index contributed by atoms with van der Waals surface area (Å²) in [5.74, 6) is 1.70. The Morgan fingerprint density at radius 2 is 1.90 bits per heavy atom.